The van der Waals surface area contributed by atoms with E-state index in [1.807, 2.05) is 36.4 Å². The van der Waals surface area contributed by atoms with Crippen LogP contribution in [-0.2, 0) is 6.54 Å². The third kappa shape index (κ3) is 3.47. The molecule has 0 unspecified atom stereocenters. The zero-order valence-electron chi connectivity index (χ0n) is 12.1. The summed E-state index contributed by atoms with van der Waals surface area (Å²) in [4.78, 5) is 4.76. The SMILES string of the molecule is Fc1ccc(CN=C(c2ccccc2)c2ccccc2)cc1. The molecule has 3 rings (SSSR count). The maximum Gasteiger partial charge on any atom is 0.123 e. The molecule has 2 heteroatoms. The Labute approximate surface area is 129 Å². The van der Waals surface area contributed by atoms with Crippen molar-refractivity contribution in [1.29, 1.82) is 0 Å². The Kier molecular flexibility index (Phi) is 4.40. The van der Waals surface area contributed by atoms with Crippen molar-refractivity contribution in [1.82, 2.24) is 0 Å². The highest BCUT2D eigenvalue weighted by Gasteiger charge is 2.05. The van der Waals surface area contributed by atoms with Crippen LogP contribution >= 0.6 is 0 Å². The zero-order chi connectivity index (χ0) is 15.2. The summed E-state index contributed by atoms with van der Waals surface area (Å²) in [6.45, 7) is 0.527. The molecule has 3 aromatic carbocycles. The molecule has 0 aliphatic heterocycles. The van der Waals surface area contributed by atoms with Crippen LogP contribution in [-0.4, -0.2) is 5.71 Å². The highest BCUT2D eigenvalue weighted by atomic mass is 19.1. The maximum atomic E-state index is 13.0. The Balaban J connectivity index is 1.95. The average molecular weight is 289 g/mol. The van der Waals surface area contributed by atoms with Gasteiger partial charge in [0, 0.05) is 11.1 Å². The molecule has 0 fully saturated rings. The monoisotopic (exact) mass is 289 g/mol. The number of aliphatic imine (C=N–C) groups is 1. The summed E-state index contributed by atoms with van der Waals surface area (Å²) in [5.41, 5.74) is 4.10. The van der Waals surface area contributed by atoms with Gasteiger partial charge in [0.15, 0.2) is 0 Å². The zero-order valence-corrected chi connectivity index (χ0v) is 12.1. The summed E-state index contributed by atoms with van der Waals surface area (Å²) in [6, 6.07) is 26.7. The Morgan fingerprint density at radius 2 is 1.18 bits per heavy atom. The molecule has 0 radical (unpaired) electrons. The molecule has 0 bridgehead atoms. The van der Waals surface area contributed by atoms with Crippen molar-refractivity contribution < 1.29 is 4.39 Å². The molecule has 0 aromatic heterocycles. The number of rotatable bonds is 4. The van der Waals surface area contributed by atoms with E-state index in [0.717, 1.165) is 22.4 Å². The van der Waals surface area contributed by atoms with Crippen LogP contribution < -0.4 is 0 Å². The Morgan fingerprint density at radius 1 is 0.682 bits per heavy atom. The third-order valence-electron chi connectivity index (χ3n) is 3.43. The molecule has 108 valence electrons. The van der Waals surface area contributed by atoms with Gasteiger partial charge in [-0.3, -0.25) is 4.99 Å². The minimum atomic E-state index is -0.223. The molecule has 0 spiro atoms. The van der Waals surface area contributed by atoms with Gasteiger partial charge >= 0.3 is 0 Å². The van der Waals surface area contributed by atoms with E-state index in [0.29, 0.717) is 6.54 Å². The lowest BCUT2D eigenvalue weighted by Gasteiger charge is -2.08. The lowest BCUT2D eigenvalue weighted by molar-refractivity contribution is 0.627. The summed E-state index contributed by atoms with van der Waals surface area (Å²) in [7, 11) is 0. The van der Waals surface area contributed by atoms with Crippen LogP contribution in [0.5, 0.6) is 0 Å². The first-order valence-electron chi connectivity index (χ1n) is 7.23. The van der Waals surface area contributed by atoms with Crippen LogP contribution in [0, 0.1) is 5.82 Å². The molecular formula is C20H16FN. The van der Waals surface area contributed by atoms with Gasteiger partial charge in [0.2, 0.25) is 0 Å². The largest absolute Gasteiger partial charge is 0.279 e. The lowest BCUT2D eigenvalue weighted by atomic mass is 10.0. The molecule has 22 heavy (non-hydrogen) atoms. The minimum absolute atomic E-state index is 0.223. The fourth-order valence-corrected chi connectivity index (χ4v) is 2.30. The van der Waals surface area contributed by atoms with Gasteiger partial charge in [-0.25, -0.2) is 4.39 Å². The quantitative estimate of drug-likeness (QED) is 0.608. The maximum absolute atomic E-state index is 13.0. The first kappa shape index (κ1) is 14.2. The summed E-state index contributed by atoms with van der Waals surface area (Å²) >= 11 is 0. The van der Waals surface area contributed by atoms with E-state index < -0.39 is 0 Å². The second-order valence-corrected chi connectivity index (χ2v) is 5.02. The summed E-state index contributed by atoms with van der Waals surface area (Å²) in [5.74, 6) is -0.223. The Morgan fingerprint density at radius 3 is 1.68 bits per heavy atom. The number of hydrogen-bond donors (Lipinski definition) is 0. The lowest BCUT2D eigenvalue weighted by Crippen LogP contribution is -2.03. The Hall–Kier alpha value is -2.74. The molecule has 1 nitrogen and oxygen atoms in total. The Bertz CT molecular complexity index is 705. The van der Waals surface area contributed by atoms with Gasteiger partial charge < -0.3 is 0 Å². The van der Waals surface area contributed by atoms with Crippen molar-refractivity contribution in [2.24, 2.45) is 4.99 Å². The molecule has 0 aliphatic carbocycles. The van der Waals surface area contributed by atoms with Gasteiger partial charge in [0.05, 0.1) is 12.3 Å². The van der Waals surface area contributed by atoms with E-state index in [9.17, 15) is 4.39 Å². The second-order valence-electron chi connectivity index (χ2n) is 5.02. The first-order valence-corrected chi connectivity index (χ1v) is 7.23. The van der Waals surface area contributed by atoms with Crippen molar-refractivity contribution in [2.75, 3.05) is 0 Å². The predicted molar refractivity (Wildman–Crippen MR) is 88.6 cm³/mol. The van der Waals surface area contributed by atoms with Gasteiger partial charge in [0.1, 0.15) is 5.82 Å². The highest BCUT2D eigenvalue weighted by Crippen LogP contribution is 2.13. The minimum Gasteiger partial charge on any atom is -0.279 e. The van der Waals surface area contributed by atoms with Gasteiger partial charge in [0.25, 0.3) is 0 Å². The van der Waals surface area contributed by atoms with Crippen LogP contribution in [0.15, 0.2) is 89.9 Å². The van der Waals surface area contributed by atoms with Crippen LogP contribution in [0.3, 0.4) is 0 Å². The van der Waals surface area contributed by atoms with E-state index in [4.69, 9.17) is 4.99 Å². The van der Waals surface area contributed by atoms with E-state index in [2.05, 4.69) is 24.3 Å². The normalized spacial score (nSPS) is 10.2. The van der Waals surface area contributed by atoms with E-state index >= 15 is 0 Å². The molecule has 0 aliphatic rings. The van der Waals surface area contributed by atoms with Gasteiger partial charge in [-0.05, 0) is 17.7 Å². The molecule has 0 saturated heterocycles. The van der Waals surface area contributed by atoms with Crippen molar-refractivity contribution in [2.45, 2.75) is 6.54 Å². The first-order chi connectivity index (χ1) is 10.8. The van der Waals surface area contributed by atoms with Crippen LogP contribution in [0.2, 0.25) is 0 Å². The molecule has 0 saturated carbocycles. The van der Waals surface area contributed by atoms with Gasteiger partial charge in [-0.2, -0.15) is 0 Å². The fraction of sp³-hybridized carbons (Fsp3) is 0.0500. The molecule has 0 amide bonds. The molecule has 0 N–H and O–H groups in total. The fourth-order valence-electron chi connectivity index (χ4n) is 2.30. The summed E-state index contributed by atoms with van der Waals surface area (Å²) in [6.07, 6.45) is 0. The van der Waals surface area contributed by atoms with Crippen LogP contribution in [0.25, 0.3) is 0 Å². The smallest absolute Gasteiger partial charge is 0.123 e. The predicted octanol–water partition coefficient (Wildman–Crippen LogP) is 4.86. The van der Waals surface area contributed by atoms with Crippen molar-refractivity contribution in [3.63, 3.8) is 0 Å². The number of halogens is 1. The molecule has 0 atom stereocenters. The number of benzene rings is 3. The van der Waals surface area contributed by atoms with Gasteiger partial charge in [-0.1, -0.05) is 72.8 Å². The van der Waals surface area contributed by atoms with Gasteiger partial charge in [-0.15, -0.1) is 0 Å². The average Bonchev–Trinajstić information content (AvgIpc) is 2.59. The highest BCUT2D eigenvalue weighted by molar-refractivity contribution is 6.12. The molecular weight excluding hydrogens is 273 g/mol. The third-order valence-corrected chi connectivity index (χ3v) is 3.43. The van der Waals surface area contributed by atoms with Crippen molar-refractivity contribution >= 4 is 5.71 Å². The number of nitrogens with zero attached hydrogens (tertiary/aromatic N) is 1. The second kappa shape index (κ2) is 6.81. The van der Waals surface area contributed by atoms with E-state index in [1.54, 1.807) is 12.1 Å². The van der Waals surface area contributed by atoms with Crippen LogP contribution in [0.1, 0.15) is 16.7 Å². The van der Waals surface area contributed by atoms with Crippen molar-refractivity contribution in [3.05, 3.63) is 107 Å². The molecule has 0 heterocycles. The van der Waals surface area contributed by atoms with E-state index in [1.165, 1.54) is 12.1 Å². The summed E-state index contributed by atoms with van der Waals surface area (Å²) in [5, 5.41) is 0. The van der Waals surface area contributed by atoms with E-state index in [-0.39, 0.29) is 5.82 Å². The topological polar surface area (TPSA) is 12.4 Å². The summed E-state index contributed by atoms with van der Waals surface area (Å²) < 4.78 is 13.0. The van der Waals surface area contributed by atoms with Crippen LogP contribution in [0.4, 0.5) is 4.39 Å². The standard InChI is InChI=1S/C20H16FN/c21-19-13-11-16(12-14-19)15-22-20(17-7-3-1-4-8-17)18-9-5-2-6-10-18/h1-14H,15H2. The number of hydrogen-bond acceptors (Lipinski definition) is 1. The van der Waals surface area contributed by atoms with Crippen molar-refractivity contribution in [3.8, 4) is 0 Å². The molecule has 3 aromatic rings.